The number of aryl methyl sites for hydroxylation is 1. The van der Waals surface area contributed by atoms with Gasteiger partial charge in [0, 0.05) is 18.4 Å². The molecule has 6 heteroatoms. The molecule has 116 valence electrons. The highest BCUT2D eigenvalue weighted by molar-refractivity contribution is 5.35. The predicted octanol–water partition coefficient (Wildman–Crippen LogP) is 1.62. The van der Waals surface area contributed by atoms with Gasteiger partial charge in [0.25, 0.3) is 0 Å². The lowest BCUT2D eigenvalue weighted by atomic mass is 10.4. The third kappa shape index (κ3) is 7.47. The average molecular weight is 285 g/mol. The van der Waals surface area contributed by atoms with Gasteiger partial charge in [0.05, 0.1) is 39.6 Å². The van der Waals surface area contributed by atoms with Crippen LogP contribution >= 0.6 is 0 Å². The number of hydrogen-bond donors (Lipinski definition) is 1. The van der Waals surface area contributed by atoms with Crippen LogP contribution in [0.25, 0.3) is 0 Å². The van der Waals surface area contributed by atoms with E-state index >= 15 is 0 Å². The fourth-order valence-corrected chi connectivity index (χ4v) is 1.60. The van der Waals surface area contributed by atoms with Gasteiger partial charge in [-0.25, -0.2) is 0 Å². The molecule has 6 nitrogen and oxygen atoms in total. The van der Waals surface area contributed by atoms with Crippen molar-refractivity contribution in [1.82, 2.24) is 9.78 Å². The van der Waals surface area contributed by atoms with Gasteiger partial charge in [0.2, 0.25) is 0 Å². The third-order valence-electron chi connectivity index (χ3n) is 2.83. The molecular formula is C14H27N3O3. The molecule has 0 amide bonds. The summed E-state index contributed by atoms with van der Waals surface area (Å²) in [6, 6.07) is 0. The van der Waals surface area contributed by atoms with Crippen molar-refractivity contribution in [3.8, 4) is 0 Å². The molecule has 1 aromatic heterocycles. The summed E-state index contributed by atoms with van der Waals surface area (Å²) in [7, 11) is 0. The van der Waals surface area contributed by atoms with Gasteiger partial charge in [0.1, 0.15) is 5.82 Å². The van der Waals surface area contributed by atoms with Crippen molar-refractivity contribution in [1.29, 1.82) is 0 Å². The van der Waals surface area contributed by atoms with Crippen molar-refractivity contribution in [2.24, 2.45) is 0 Å². The number of nitrogen functional groups attached to an aromatic ring is 1. The van der Waals surface area contributed by atoms with Gasteiger partial charge in [-0.2, -0.15) is 5.10 Å². The molecule has 0 aliphatic carbocycles. The highest BCUT2D eigenvalue weighted by Gasteiger charge is 2.00. The summed E-state index contributed by atoms with van der Waals surface area (Å²) in [6.07, 6.45) is 4.19. The molecule has 0 aliphatic rings. The van der Waals surface area contributed by atoms with Crippen LogP contribution in [0.1, 0.15) is 25.3 Å². The number of anilines is 1. The van der Waals surface area contributed by atoms with Crippen LogP contribution in [-0.2, 0) is 20.8 Å². The standard InChI is InChI=1S/C14H27N3O3/c1-3-4-6-18-8-10-20-11-9-19-7-5-17-12-13(2)14(15)16-17/h12H,3-11H2,1-2H3,(H2,15,16). The predicted molar refractivity (Wildman–Crippen MR) is 78.7 cm³/mol. The summed E-state index contributed by atoms with van der Waals surface area (Å²) in [5.41, 5.74) is 6.66. The first kappa shape index (κ1) is 16.9. The second kappa shape index (κ2) is 10.7. The van der Waals surface area contributed by atoms with Crippen molar-refractivity contribution in [2.75, 3.05) is 45.4 Å². The summed E-state index contributed by atoms with van der Waals surface area (Å²) in [4.78, 5) is 0. The van der Waals surface area contributed by atoms with E-state index in [1.807, 2.05) is 13.1 Å². The molecule has 1 aromatic rings. The fraction of sp³-hybridized carbons (Fsp3) is 0.786. The van der Waals surface area contributed by atoms with Gasteiger partial charge in [-0.1, -0.05) is 13.3 Å². The Morgan fingerprint density at radius 3 is 2.20 bits per heavy atom. The van der Waals surface area contributed by atoms with E-state index in [1.165, 1.54) is 0 Å². The molecule has 0 unspecified atom stereocenters. The van der Waals surface area contributed by atoms with Crippen LogP contribution in [0.4, 0.5) is 5.82 Å². The fourth-order valence-electron chi connectivity index (χ4n) is 1.60. The number of aromatic nitrogens is 2. The Morgan fingerprint density at radius 1 is 1.05 bits per heavy atom. The summed E-state index contributed by atoms with van der Waals surface area (Å²) in [5.74, 6) is 0.580. The van der Waals surface area contributed by atoms with Crippen molar-refractivity contribution < 1.29 is 14.2 Å². The minimum absolute atomic E-state index is 0.580. The maximum Gasteiger partial charge on any atom is 0.148 e. The number of nitrogens with two attached hydrogens (primary N) is 1. The summed E-state index contributed by atoms with van der Waals surface area (Å²) in [5, 5.41) is 4.16. The van der Waals surface area contributed by atoms with E-state index in [0.717, 1.165) is 25.0 Å². The lowest BCUT2D eigenvalue weighted by molar-refractivity contribution is 0.0123. The van der Waals surface area contributed by atoms with Gasteiger partial charge < -0.3 is 19.9 Å². The second-order valence-electron chi connectivity index (χ2n) is 4.65. The molecule has 0 saturated carbocycles. The van der Waals surface area contributed by atoms with Crippen molar-refractivity contribution >= 4 is 5.82 Å². The molecule has 0 aromatic carbocycles. The number of unbranched alkanes of at least 4 members (excludes halogenated alkanes) is 1. The van der Waals surface area contributed by atoms with Gasteiger partial charge in [-0.3, -0.25) is 4.68 Å². The van der Waals surface area contributed by atoms with Crippen molar-refractivity contribution in [2.45, 2.75) is 33.2 Å². The minimum Gasteiger partial charge on any atom is -0.382 e. The molecule has 0 bridgehead atoms. The molecule has 0 atom stereocenters. The maximum atomic E-state index is 5.66. The molecule has 0 spiro atoms. The van der Waals surface area contributed by atoms with Crippen molar-refractivity contribution in [3.63, 3.8) is 0 Å². The van der Waals surface area contributed by atoms with Crippen LogP contribution in [0.5, 0.6) is 0 Å². The van der Waals surface area contributed by atoms with E-state index in [4.69, 9.17) is 19.9 Å². The van der Waals surface area contributed by atoms with Gasteiger partial charge in [-0.05, 0) is 13.3 Å². The Bertz CT molecular complexity index is 336. The van der Waals surface area contributed by atoms with Crippen LogP contribution in [0.3, 0.4) is 0 Å². The molecule has 1 rings (SSSR count). The Balaban J connectivity index is 1.85. The number of rotatable bonds is 12. The van der Waals surface area contributed by atoms with Crippen LogP contribution in [0.2, 0.25) is 0 Å². The third-order valence-corrected chi connectivity index (χ3v) is 2.83. The monoisotopic (exact) mass is 285 g/mol. The zero-order valence-electron chi connectivity index (χ0n) is 12.6. The van der Waals surface area contributed by atoms with Crippen LogP contribution in [0.15, 0.2) is 6.20 Å². The first-order valence-corrected chi connectivity index (χ1v) is 7.26. The second-order valence-corrected chi connectivity index (χ2v) is 4.65. The first-order chi connectivity index (χ1) is 9.74. The zero-order chi connectivity index (χ0) is 14.6. The van der Waals surface area contributed by atoms with E-state index in [9.17, 15) is 0 Å². The SMILES string of the molecule is CCCCOCCOCCOCCn1cc(C)c(N)n1. The lowest BCUT2D eigenvalue weighted by Crippen LogP contribution is -2.12. The van der Waals surface area contributed by atoms with Crippen LogP contribution in [-0.4, -0.2) is 49.4 Å². The average Bonchev–Trinajstić information content (AvgIpc) is 2.75. The normalized spacial score (nSPS) is 11.1. The Labute approximate surface area is 121 Å². The van der Waals surface area contributed by atoms with Gasteiger partial charge in [0.15, 0.2) is 0 Å². The van der Waals surface area contributed by atoms with Gasteiger partial charge >= 0.3 is 0 Å². The van der Waals surface area contributed by atoms with E-state index in [0.29, 0.717) is 45.4 Å². The molecular weight excluding hydrogens is 258 g/mol. The Morgan fingerprint density at radius 2 is 1.65 bits per heavy atom. The quantitative estimate of drug-likeness (QED) is 0.591. The molecule has 20 heavy (non-hydrogen) atoms. The molecule has 0 radical (unpaired) electrons. The number of nitrogens with zero attached hydrogens (tertiary/aromatic N) is 2. The van der Waals surface area contributed by atoms with Crippen molar-refractivity contribution in [3.05, 3.63) is 11.8 Å². The highest BCUT2D eigenvalue weighted by atomic mass is 16.5. The van der Waals surface area contributed by atoms with E-state index in [1.54, 1.807) is 4.68 Å². The van der Waals surface area contributed by atoms with Gasteiger partial charge in [-0.15, -0.1) is 0 Å². The summed E-state index contributed by atoms with van der Waals surface area (Å²) < 4.78 is 18.0. The zero-order valence-corrected chi connectivity index (χ0v) is 12.6. The molecule has 0 saturated heterocycles. The van der Waals surface area contributed by atoms with E-state index in [-0.39, 0.29) is 0 Å². The Hall–Kier alpha value is -1.11. The summed E-state index contributed by atoms with van der Waals surface area (Å²) >= 11 is 0. The smallest absolute Gasteiger partial charge is 0.148 e. The number of hydrogen-bond acceptors (Lipinski definition) is 5. The van der Waals surface area contributed by atoms with Crippen LogP contribution < -0.4 is 5.73 Å². The summed E-state index contributed by atoms with van der Waals surface area (Å²) in [6.45, 7) is 8.69. The van der Waals surface area contributed by atoms with E-state index in [2.05, 4.69) is 12.0 Å². The minimum atomic E-state index is 0.580. The first-order valence-electron chi connectivity index (χ1n) is 7.26. The largest absolute Gasteiger partial charge is 0.382 e. The topological polar surface area (TPSA) is 71.5 Å². The molecule has 2 N–H and O–H groups in total. The number of ether oxygens (including phenoxy) is 3. The molecule has 0 fully saturated rings. The Kier molecular flexibility index (Phi) is 9.02. The maximum absolute atomic E-state index is 5.66. The molecule has 1 heterocycles. The molecule has 0 aliphatic heterocycles. The van der Waals surface area contributed by atoms with E-state index < -0.39 is 0 Å². The lowest BCUT2D eigenvalue weighted by Gasteiger charge is -2.06. The van der Waals surface area contributed by atoms with Crippen LogP contribution in [0, 0.1) is 6.92 Å². The highest BCUT2D eigenvalue weighted by Crippen LogP contribution is 2.05.